The fraction of sp³-hybridized carbons (Fsp3) is 0.619. The number of nitrogens with two attached hydrogens (primary N) is 4. The molecule has 0 radical (unpaired) electrons. The SMILES string of the molecule is Cc1nc(/C(N)=C(\CN(N)/N=C(\N)C2CCC2)N(C)N)ccc1OC1CCCCC1. The van der Waals surface area contributed by atoms with Crippen LogP contribution in [0.2, 0.25) is 0 Å². The highest BCUT2D eigenvalue weighted by Crippen LogP contribution is 2.27. The van der Waals surface area contributed by atoms with Crippen LogP contribution in [0.25, 0.3) is 5.70 Å². The van der Waals surface area contributed by atoms with Gasteiger partial charge in [0.25, 0.3) is 0 Å². The monoisotopic (exact) mass is 416 g/mol. The molecule has 2 saturated carbocycles. The molecule has 0 unspecified atom stereocenters. The molecule has 2 aliphatic carbocycles. The van der Waals surface area contributed by atoms with Crippen molar-refractivity contribution >= 4 is 11.5 Å². The maximum absolute atomic E-state index is 6.41. The molecule has 0 saturated heterocycles. The molecule has 9 nitrogen and oxygen atoms in total. The summed E-state index contributed by atoms with van der Waals surface area (Å²) in [5.41, 5.74) is 14.9. The van der Waals surface area contributed by atoms with Crippen molar-refractivity contribution in [2.45, 2.75) is 64.4 Å². The predicted octanol–water partition coefficient (Wildman–Crippen LogP) is 1.78. The second-order valence-corrected chi connectivity index (χ2v) is 8.38. The van der Waals surface area contributed by atoms with E-state index in [0.717, 1.165) is 37.1 Å². The Hall–Kier alpha value is -2.52. The normalized spacial score (nSPS) is 19.1. The van der Waals surface area contributed by atoms with Crippen molar-refractivity contribution in [2.75, 3.05) is 13.6 Å². The molecule has 2 aliphatic rings. The molecule has 1 heterocycles. The molecule has 0 atom stereocenters. The van der Waals surface area contributed by atoms with Crippen LogP contribution in [0.3, 0.4) is 0 Å². The van der Waals surface area contributed by atoms with Crippen LogP contribution in [0.1, 0.15) is 62.8 Å². The van der Waals surface area contributed by atoms with E-state index < -0.39 is 0 Å². The van der Waals surface area contributed by atoms with Crippen molar-refractivity contribution in [1.29, 1.82) is 0 Å². The molecule has 2 fully saturated rings. The third-order valence-electron chi connectivity index (χ3n) is 5.97. The lowest BCUT2D eigenvalue weighted by atomic mass is 9.85. The van der Waals surface area contributed by atoms with Crippen LogP contribution in [-0.2, 0) is 0 Å². The van der Waals surface area contributed by atoms with Crippen molar-refractivity contribution < 1.29 is 4.74 Å². The topological polar surface area (TPSA) is 145 Å². The summed E-state index contributed by atoms with van der Waals surface area (Å²) in [5, 5.41) is 7.01. The summed E-state index contributed by atoms with van der Waals surface area (Å²) in [6.45, 7) is 2.15. The van der Waals surface area contributed by atoms with Crippen molar-refractivity contribution in [3.63, 3.8) is 0 Å². The van der Waals surface area contributed by atoms with Crippen molar-refractivity contribution in [3.8, 4) is 5.75 Å². The van der Waals surface area contributed by atoms with Crippen molar-refractivity contribution in [2.24, 2.45) is 34.2 Å². The zero-order valence-corrected chi connectivity index (χ0v) is 18.2. The van der Waals surface area contributed by atoms with Crippen molar-refractivity contribution in [3.05, 3.63) is 29.2 Å². The first kappa shape index (κ1) is 22.2. The molecule has 166 valence electrons. The number of aromatic nitrogens is 1. The first-order chi connectivity index (χ1) is 14.3. The predicted molar refractivity (Wildman–Crippen MR) is 119 cm³/mol. The van der Waals surface area contributed by atoms with Crippen LogP contribution >= 0.6 is 0 Å². The molecular formula is C21H36N8O. The molecule has 0 spiro atoms. The Morgan fingerprint density at radius 3 is 2.37 bits per heavy atom. The number of hydrazone groups is 1. The Bertz CT molecular complexity index is 781. The number of nitrogens with zero attached hydrogens (tertiary/aromatic N) is 4. The average Bonchev–Trinajstić information content (AvgIpc) is 2.66. The number of ether oxygens (including phenoxy) is 1. The second kappa shape index (κ2) is 9.99. The van der Waals surface area contributed by atoms with Gasteiger partial charge in [-0.2, -0.15) is 0 Å². The third-order valence-corrected chi connectivity index (χ3v) is 5.97. The van der Waals surface area contributed by atoms with Gasteiger partial charge in [0.2, 0.25) is 0 Å². The Morgan fingerprint density at radius 2 is 1.80 bits per heavy atom. The van der Waals surface area contributed by atoms with Gasteiger partial charge >= 0.3 is 0 Å². The molecule has 0 bridgehead atoms. The second-order valence-electron chi connectivity index (χ2n) is 8.38. The molecule has 30 heavy (non-hydrogen) atoms. The van der Waals surface area contributed by atoms with Gasteiger partial charge in [0.05, 0.1) is 35.4 Å². The standard InChI is InChI=1S/C21H36N8O/c1-14-19(30-16-9-4-3-5-10-16)12-11-17(26-14)20(22)18(28(2)24)13-29(25)27-21(23)15-7-6-8-15/h11-12,15-16H,3-10,13,22,24-25H2,1-2H3,(H2,23,27)/b20-18-. The summed E-state index contributed by atoms with van der Waals surface area (Å²) >= 11 is 0. The number of hydrogen-bond acceptors (Lipinski definition) is 8. The van der Waals surface area contributed by atoms with E-state index in [1.165, 1.54) is 35.8 Å². The first-order valence-electron chi connectivity index (χ1n) is 10.8. The molecule has 0 aromatic carbocycles. The lowest BCUT2D eigenvalue weighted by Gasteiger charge is -2.27. The van der Waals surface area contributed by atoms with Crippen LogP contribution in [0, 0.1) is 12.8 Å². The maximum atomic E-state index is 6.41. The summed E-state index contributed by atoms with van der Waals surface area (Å²) in [5.74, 6) is 13.8. The number of likely N-dealkylation sites (N-methyl/N-ethyl adjacent to an activating group) is 1. The van der Waals surface area contributed by atoms with Gasteiger partial charge in [-0.05, 0) is 57.6 Å². The molecule has 9 heteroatoms. The number of hydrogen-bond donors (Lipinski definition) is 4. The molecule has 3 rings (SSSR count). The number of rotatable bonds is 8. The highest BCUT2D eigenvalue weighted by molar-refractivity contribution is 5.83. The van der Waals surface area contributed by atoms with Gasteiger partial charge in [-0.15, -0.1) is 5.10 Å². The van der Waals surface area contributed by atoms with E-state index in [9.17, 15) is 0 Å². The van der Waals surface area contributed by atoms with E-state index in [-0.39, 0.29) is 12.6 Å². The van der Waals surface area contributed by atoms with Crippen LogP contribution in [0.4, 0.5) is 0 Å². The summed E-state index contributed by atoms with van der Waals surface area (Å²) in [4.78, 5) is 4.65. The quantitative estimate of drug-likeness (QED) is 0.217. The fourth-order valence-electron chi connectivity index (χ4n) is 3.84. The first-order valence-corrected chi connectivity index (χ1v) is 10.8. The molecular weight excluding hydrogens is 380 g/mol. The van der Waals surface area contributed by atoms with E-state index in [2.05, 4.69) is 10.1 Å². The van der Waals surface area contributed by atoms with E-state index >= 15 is 0 Å². The van der Waals surface area contributed by atoms with Gasteiger partial charge in [0, 0.05) is 13.0 Å². The molecule has 0 aliphatic heterocycles. The highest BCUT2D eigenvalue weighted by Gasteiger charge is 2.22. The maximum Gasteiger partial charge on any atom is 0.140 e. The number of pyridine rings is 1. The van der Waals surface area contributed by atoms with E-state index in [0.29, 0.717) is 28.8 Å². The lowest BCUT2D eigenvalue weighted by Crippen LogP contribution is -2.40. The Balaban J connectivity index is 1.74. The zero-order chi connectivity index (χ0) is 21.7. The molecule has 8 N–H and O–H groups in total. The smallest absolute Gasteiger partial charge is 0.140 e. The summed E-state index contributed by atoms with van der Waals surface area (Å²) in [7, 11) is 1.71. The van der Waals surface area contributed by atoms with Crippen LogP contribution < -0.4 is 27.9 Å². The van der Waals surface area contributed by atoms with Crippen molar-refractivity contribution in [1.82, 2.24) is 15.1 Å². The molecule has 1 aromatic heterocycles. The molecule has 1 aromatic rings. The summed E-state index contributed by atoms with van der Waals surface area (Å²) in [6, 6.07) is 3.79. The van der Waals surface area contributed by atoms with Gasteiger partial charge < -0.3 is 21.2 Å². The zero-order valence-electron chi connectivity index (χ0n) is 18.2. The molecule has 0 amide bonds. The van der Waals surface area contributed by atoms with Gasteiger partial charge in [0.1, 0.15) is 11.6 Å². The van der Waals surface area contributed by atoms with Gasteiger partial charge in [-0.3, -0.25) is 0 Å². The largest absolute Gasteiger partial charge is 0.489 e. The van der Waals surface area contributed by atoms with E-state index in [1.807, 2.05) is 19.1 Å². The number of aryl methyl sites for hydroxylation is 1. The Labute approximate surface area is 179 Å². The van der Waals surface area contributed by atoms with Gasteiger partial charge in [0.15, 0.2) is 0 Å². The lowest BCUT2D eigenvalue weighted by molar-refractivity contribution is 0.153. The van der Waals surface area contributed by atoms with Gasteiger partial charge in [-0.1, -0.05) is 12.8 Å². The minimum Gasteiger partial charge on any atom is -0.489 e. The Morgan fingerprint density at radius 1 is 1.10 bits per heavy atom. The summed E-state index contributed by atoms with van der Waals surface area (Å²) in [6.07, 6.45) is 9.51. The van der Waals surface area contributed by atoms with Crippen LogP contribution in [-0.4, -0.2) is 40.6 Å². The van der Waals surface area contributed by atoms with Crippen LogP contribution in [0.5, 0.6) is 5.75 Å². The highest BCUT2D eigenvalue weighted by atomic mass is 16.5. The minimum atomic E-state index is 0.216. The van der Waals surface area contributed by atoms with E-state index in [1.54, 1.807) is 7.05 Å². The van der Waals surface area contributed by atoms with Gasteiger partial charge in [-0.25, -0.2) is 21.8 Å². The number of amidine groups is 1. The average molecular weight is 417 g/mol. The van der Waals surface area contributed by atoms with Crippen LogP contribution in [0.15, 0.2) is 22.9 Å². The summed E-state index contributed by atoms with van der Waals surface area (Å²) < 4.78 is 6.16. The number of hydrazine groups is 2. The van der Waals surface area contributed by atoms with E-state index in [4.69, 9.17) is 27.9 Å². The fourth-order valence-corrected chi connectivity index (χ4v) is 3.84. The minimum absolute atomic E-state index is 0.216. The Kier molecular flexibility index (Phi) is 7.38. The third kappa shape index (κ3) is 5.54.